The van der Waals surface area contributed by atoms with E-state index in [1.165, 1.54) is 24.3 Å². The second-order valence-electron chi connectivity index (χ2n) is 4.57. The molecule has 1 N–H and O–H groups in total. The first-order chi connectivity index (χ1) is 10.1. The van der Waals surface area contributed by atoms with Crippen LogP contribution >= 0.6 is 11.6 Å². The molecule has 0 fully saturated rings. The molecule has 2 nitrogen and oxygen atoms in total. The molecule has 2 aromatic carbocycles. The van der Waals surface area contributed by atoms with E-state index in [2.05, 4.69) is 5.32 Å². The first-order valence-corrected chi connectivity index (χ1v) is 7.04. The standard InChI is InChI=1S/C16H16ClF2NO/c1-2-20-9-12-8-13(18)4-6-16(12)21-10-11-3-5-15(19)14(17)7-11/h3-8,20H,2,9-10H2,1H3. The lowest BCUT2D eigenvalue weighted by atomic mass is 10.2. The van der Waals surface area contributed by atoms with Gasteiger partial charge in [-0.05, 0) is 42.4 Å². The molecule has 0 saturated carbocycles. The lowest BCUT2D eigenvalue weighted by molar-refractivity contribution is 0.301. The van der Waals surface area contributed by atoms with Crippen LogP contribution in [0.1, 0.15) is 18.1 Å². The fraction of sp³-hybridized carbons (Fsp3) is 0.250. The van der Waals surface area contributed by atoms with Gasteiger partial charge in [0, 0.05) is 12.1 Å². The zero-order valence-electron chi connectivity index (χ0n) is 11.6. The molecule has 0 aliphatic carbocycles. The van der Waals surface area contributed by atoms with Crippen LogP contribution in [0.3, 0.4) is 0 Å². The molecule has 0 radical (unpaired) electrons. The molecule has 0 saturated heterocycles. The van der Waals surface area contributed by atoms with Gasteiger partial charge < -0.3 is 10.1 Å². The topological polar surface area (TPSA) is 21.3 Å². The van der Waals surface area contributed by atoms with Crippen LogP contribution in [-0.2, 0) is 13.2 Å². The lowest BCUT2D eigenvalue weighted by Crippen LogP contribution is -2.13. The molecule has 0 amide bonds. The third kappa shape index (κ3) is 4.41. The van der Waals surface area contributed by atoms with Crippen LogP contribution in [0.4, 0.5) is 8.78 Å². The highest BCUT2D eigenvalue weighted by atomic mass is 35.5. The van der Waals surface area contributed by atoms with Gasteiger partial charge in [-0.3, -0.25) is 0 Å². The number of benzene rings is 2. The minimum Gasteiger partial charge on any atom is -0.489 e. The van der Waals surface area contributed by atoms with Crippen LogP contribution in [0.25, 0.3) is 0 Å². The minimum atomic E-state index is -0.463. The van der Waals surface area contributed by atoms with Gasteiger partial charge in [0.2, 0.25) is 0 Å². The van der Waals surface area contributed by atoms with Crippen molar-refractivity contribution in [2.75, 3.05) is 6.54 Å². The normalized spacial score (nSPS) is 10.7. The number of hydrogen-bond acceptors (Lipinski definition) is 2. The molecular formula is C16H16ClF2NO. The van der Waals surface area contributed by atoms with Gasteiger partial charge in [-0.1, -0.05) is 24.6 Å². The monoisotopic (exact) mass is 311 g/mol. The van der Waals surface area contributed by atoms with E-state index < -0.39 is 5.82 Å². The zero-order valence-corrected chi connectivity index (χ0v) is 12.4. The summed E-state index contributed by atoms with van der Waals surface area (Å²) in [6.07, 6.45) is 0. The number of rotatable bonds is 6. The Morgan fingerprint density at radius 1 is 1.14 bits per heavy atom. The highest BCUT2D eigenvalue weighted by Gasteiger charge is 2.07. The van der Waals surface area contributed by atoms with E-state index in [0.29, 0.717) is 12.3 Å². The van der Waals surface area contributed by atoms with Gasteiger partial charge in [0.05, 0.1) is 5.02 Å². The summed E-state index contributed by atoms with van der Waals surface area (Å²) in [5, 5.41) is 3.19. The molecule has 21 heavy (non-hydrogen) atoms. The minimum absolute atomic E-state index is 0.0584. The molecule has 0 atom stereocenters. The van der Waals surface area contributed by atoms with Crippen LogP contribution in [0, 0.1) is 11.6 Å². The van der Waals surface area contributed by atoms with Crippen LogP contribution in [0.15, 0.2) is 36.4 Å². The van der Waals surface area contributed by atoms with Crippen molar-refractivity contribution in [1.82, 2.24) is 5.32 Å². The number of nitrogens with one attached hydrogen (secondary N) is 1. The number of ether oxygens (including phenoxy) is 1. The third-order valence-corrected chi connectivity index (χ3v) is 3.26. The molecule has 0 aliphatic rings. The quantitative estimate of drug-likeness (QED) is 0.858. The summed E-state index contributed by atoms with van der Waals surface area (Å²) in [6, 6.07) is 8.80. The van der Waals surface area contributed by atoms with Gasteiger partial charge >= 0.3 is 0 Å². The summed E-state index contributed by atoms with van der Waals surface area (Å²) in [7, 11) is 0. The Morgan fingerprint density at radius 3 is 2.67 bits per heavy atom. The molecule has 5 heteroatoms. The fourth-order valence-electron chi connectivity index (χ4n) is 1.88. The molecule has 0 aliphatic heterocycles. The van der Waals surface area contributed by atoms with Gasteiger partial charge in [0.1, 0.15) is 24.0 Å². The van der Waals surface area contributed by atoms with Crippen molar-refractivity contribution in [3.8, 4) is 5.75 Å². The van der Waals surface area contributed by atoms with Crippen molar-refractivity contribution < 1.29 is 13.5 Å². The number of halogens is 3. The van der Waals surface area contributed by atoms with Gasteiger partial charge in [-0.2, -0.15) is 0 Å². The van der Waals surface area contributed by atoms with E-state index in [9.17, 15) is 8.78 Å². The zero-order chi connectivity index (χ0) is 15.2. The number of hydrogen-bond donors (Lipinski definition) is 1. The van der Waals surface area contributed by atoms with Crippen molar-refractivity contribution >= 4 is 11.6 Å². The van der Waals surface area contributed by atoms with Crippen LogP contribution < -0.4 is 10.1 Å². The molecular weight excluding hydrogens is 296 g/mol. The maximum Gasteiger partial charge on any atom is 0.141 e. The summed E-state index contributed by atoms with van der Waals surface area (Å²) in [5.41, 5.74) is 1.49. The van der Waals surface area contributed by atoms with Crippen molar-refractivity contribution in [2.24, 2.45) is 0 Å². The summed E-state index contributed by atoms with van der Waals surface area (Å²) < 4.78 is 32.1. The fourth-order valence-corrected chi connectivity index (χ4v) is 2.08. The van der Waals surface area contributed by atoms with Crippen molar-refractivity contribution in [2.45, 2.75) is 20.1 Å². The van der Waals surface area contributed by atoms with Gasteiger partial charge in [-0.15, -0.1) is 0 Å². The predicted molar refractivity (Wildman–Crippen MR) is 79.5 cm³/mol. The van der Waals surface area contributed by atoms with E-state index in [-0.39, 0.29) is 17.4 Å². The Morgan fingerprint density at radius 2 is 1.95 bits per heavy atom. The van der Waals surface area contributed by atoms with Crippen LogP contribution in [-0.4, -0.2) is 6.54 Å². The molecule has 2 aromatic rings. The lowest BCUT2D eigenvalue weighted by Gasteiger charge is -2.12. The van der Waals surface area contributed by atoms with E-state index in [0.717, 1.165) is 17.7 Å². The first kappa shape index (κ1) is 15.7. The van der Waals surface area contributed by atoms with E-state index in [4.69, 9.17) is 16.3 Å². The first-order valence-electron chi connectivity index (χ1n) is 6.66. The Kier molecular flexibility index (Phi) is 5.53. The molecule has 2 rings (SSSR count). The van der Waals surface area contributed by atoms with Crippen molar-refractivity contribution in [1.29, 1.82) is 0 Å². The molecule has 112 valence electrons. The van der Waals surface area contributed by atoms with Gasteiger partial charge in [0.25, 0.3) is 0 Å². The van der Waals surface area contributed by atoms with Crippen LogP contribution in [0.2, 0.25) is 5.02 Å². The molecule has 0 bridgehead atoms. The van der Waals surface area contributed by atoms with Gasteiger partial charge in [0.15, 0.2) is 0 Å². The maximum absolute atomic E-state index is 13.3. The Bertz CT molecular complexity index is 619. The molecule has 0 spiro atoms. The highest BCUT2D eigenvalue weighted by molar-refractivity contribution is 6.30. The van der Waals surface area contributed by atoms with Crippen molar-refractivity contribution in [3.05, 3.63) is 64.2 Å². The Balaban J connectivity index is 2.09. The van der Waals surface area contributed by atoms with Crippen molar-refractivity contribution in [3.63, 3.8) is 0 Å². The Labute approximate surface area is 127 Å². The highest BCUT2D eigenvalue weighted by Crippen LogP contribution is 2.22. The van der Waals surface area contributed by atoms with Crippen LogP contribution in [0.5, 0.6) is 5.75 Å². The summed E-state index contributed by atoms with van der Waals surface area (Å²) in [6.45, 7) is 3.52. The largest absolute Gasteiger partial charge is 0.489 e. The predicted octanol–water partition coefficient (Wildman–Crippen LogP) is 4.31. The smallest absolute Gasteiger partial charge is 0.141 e. The second-order valence-corrected chi connectivity index (χ2v) is 4.98. The summed E-state index contributed by atoms with van der Waals surface area (Å²) >= 11 is 5.73. The second kappa shape index (κ2) is 7.38. The molecule has 0 unspecified atom stereocenters. The average molecular weight is 312 g/mol. The van der Waals surface area contributed by atoms with E-state index >= 15 is 0 Å². The third-order valence-electron chi connectivity index (χ3n) is 2.97. The summed E-state index contributed by atoms with van der Waals surface area (Å²) in [4.78, 5) is 0. The summed E-state index contributed by atoms with van der Waals surface area (Å²) in [5.74, 6) is -0.173. The van der Waals surface area contributed by atoms with E-state index in [1.807, 2.05) is 6.92 Å². The molecule has 0 aromatic heterocycles. The molecule has 0 heterocycles. The average Bonchev–Trinajstić information content (AvgIpc) is 2.47. The Hall–Kier alpha value is -1.65. The SMILES string of the molecule is CCNCc1cc(F)ccc1OCc1ccc(F)c(Cl)c1. The van der Waals surface area contributed by atoms with Gasteiger partial charge in [-0.25, -0.2) is 8.78 Å². The van der Waals surface area contributed by atoms with E-state index in [1.54, 1.807) is 12.1 Å². The maximum atomic E-state index is 13.3.